The van der Waals surface area contributed by atoms with Gasteiger partial charge in [-0.15, -0.1) is 0 Å². The summed E-state index contributed by atoms with van der Waals surface area (Å²) in [5.74, 6) is -1.77. The van der Waals surface area contributed by atoms with E-state index < -0.39 is 39.8 Å². The van der Waals surface area contributed by atoms with Crippen LogP contribution in [0.1, 0.15) is 56.3 Å². The van der Waals surface area contributed by atoms with E-state index in [1.54, 1.807) is 49.4 Å². The van der Waals surface area contributed by atoms with Crippen LogP contribution in [0.3, 0.4) is 0 Å². The zero-order valence-corrected chi connectivity index (χ0v) is 28.7. The van der Waals surface area contributed by atoms with E-state index in [9.17, 15) is 32.3 Å². The van der Waals surface area contributed by atoms with E-state index in [2.05, 4.69) is 10.6 Å². The highest BCUT2D eigenvalue weighted by Crippen LogP contribution is 2.35. The normalized spacial score (nSPS) is 17.0. The Kier molecular flexibility index (Phi) is 12.7. The van der Waals surface area contributed by atoms with Crippen molar-refractivity contribution in [2.75, 3.05) is 43.1 Å². The number of unbranched alkanes of at least 4 members (excludes halogenated alkanes) is 2. The lowest BCUT2D eigenvalue weighted by atomic mass is 9.99. The zero-order chi connectivity index (χ0) is 35.7. The second kappa shape index (κ2) is 16.7. The highest BCUT2D eigenvalue weighted by molar-refractivity contribution is 7.89. The maximum Gasteiger partial charge on any atom is 0.258 e. The molecule has 0 bridgehead atoms. The average Bonchev–Trinajstić information content (AvgIpc) is 3.07. The van der Waals surface area contributed by atoms with Gasteiger partial charge in [-0.1, -0.05) is 31.5 Å². The van der Waals surface area contributed by atoms with Gasteiger partial charge in [-0.25, -0.2) is 12.8 Å². The largest absolute Gasteiger partial charge is 0.486 e. The number of anilines is 3. The highest BCUT2D eigenvalue weighted by Gasteiger charge is 2.36. The molecule has 3 atom stereocenters. The van der Waals surface area contributed by atoms with Gasteiger partial charge in [0.05, 0.1) is 46.7 Å². The van der Waals surface area contributed by atoms with Gasteiger partial charge in [0, 0.05) is 32.4 Å². The molecule has 0 aliphatic carbocycles. The third-order valence-electron chi connectivity index (χ3n) is 8.47. The molecule has 1 aliphatic heterocycles. The van der Waals surface area contributed by atoms with E-state index >= 15 is 0 Å². The lowest BCUT2D eigenvalue weighted by molar-refractivity contribution is -0.116. The molecule has 1 aliphatic rings. The fourth-order valence-electron chi connectivity index (χ4n) is 5.48. The molecule has 4 rings (SSSR count). The van der Waals surface area contributed by atoms with Gasteiger partial charge in [-0.3, -0.25) is 14.4 Å². The number of amides is 3. The Morgan fingerprint density at radius 2 is 1.61 bits per heavy atom. The van der Waals surface area contributed by atoms with Crippen LogP contribution in [0.4, 0.5) is 21.5 Å². The number of hydrogen-bond donors (Lipinski definition) is 4. The molecule has 0 fully saturated rings. The minimum Gasteiger partial charge on any atom is -0.486 e. The molecule has 264 valence electrons. The fraction of sp³-hybridized carbons (Fsp3) is 0.400. The van der Waals surface area contributed by atoms with E-state index in [0.29, 0.717) is 30.6 Å². The predicted molar refractivity (Wildman–Crippen MR) is 185 cm³/mol. The van der Waals surface area contributed by atoms with Crippen molar-refractivity contribution in [3.63, 3.8) is 0 Å². The van der Waals surface area contributed by atoms with Crippen LogP contribution >= 0.6 is 0 Å². The van der Waals surface area contributed by atoms with Crippen LogP contribution in [-0.2, 0) is 19.6 Å². The maximum atomic E-state index is 13.8. The first-order valence-corrected chi connectivity index (χ1v) is 17.6. The number of halogens is 1. The van der Waals surface area contributed by atoms with Gasteiger partial charge in [-0.05, 0) is 68.3 Å². The van der Waals surface area contributed by atoms with Crippen LogP contribution in [0, 0.1) is 11.7 Å². The second-order valence-corrected chi connectivity index (χ2v) is 14.3. The number of benzene rings is 3. The molecule has 14 heteroatoms. The Labute approximate surface area is 286 Å². The van der Waals surface area contributed by atoms with E-state index in [1.165, 1.54) is 24.1 Å². The fourth-order valence-corrected chi connectivity index (χ4v) is 6.66. The molecule has 0 unspecified atom stereocenters. The number of nitrogens with one attached hydrogen (secondary N) is 2. The van der Waals surface area contributed by atoms with E-state index in [1.807, 2.05) is 6.92 Å². The summed E-state index contributed by atoms with van der Waals surface area (Å²) in [6, 6.07) is 15.7. The van der Waals surface area contributed by atoms with Gasteiger partial charge in [0.25, 0.3) is 5.91 Å². The van der Waals surface area contributed by atoms with Crippen LogP contribution in [-0.4, -0.2) is 79.3 Å². The highest BCUT2D eigenvalue weighted by atomic mass is 32.2. The van der Waals surface area contributed by atoms with Gasteiger partial charge >= 0.3 is 0 Å². The molecule has 0 saturated carbocycles. The van der Waals surface area contributed by atoms with Gasteiger partial charge in [0.2, 0.25) is 21.8 Å². The number of sulfonamides is 1. The molecule has 49 heavy (non-hydrogen) atoms. The number of ether oxygens (including phenoxy) is 1. The lowest BCUT2D eigenvalue weighted by Crippen LogP contribution is -2.50. The first kappa shape index (κ1) is 37.3. The van der Waals surface area contributed by atoms with Crippen LogP contribution in [0.25, 0.3) is 0 Å². The molecular weight excluding hydrogens is 653 g/mol. The number of carbonyl (C=O) groups excluding carboxylic acids is 3. The summed E-state index contributed by atoms with van der Waals surface area (Å²) in [6.45, 7) is 3.27. The number of fused-ring (bicyclic) bond motifs is 1. The van der Waals surface area contributed by atoms with Crippen LogP contribution < -0.4 is 21.1 Å². The summed E-state index contributed by atoms with van der Waals surface area (Å²) in [6.07, 6.45) is 1.33. The van der Waals surface area contributed by atoms with Gasteiger partial charge in [0.15, 0.2) is 5.75 Å². The first-order valence-electron chi connectivity index (χ1n) is 16.2. The summed E-state index contributed by atoms with van der Waals surface area (Å²) in [4.78, 5) is 40.5. The zero-order valence-electron chi connectivity index (χ0n) is 27.9. The molecule has 0 aromatic heterocycles. The van der Waals surface area contributed by atoms with Crippen molar-refractivity contribution in [2.45, 2.75) is 63.0 Å². The molecule has 12 nitrogen and oxygen atoms in total. The van der Waals surface area contributed by atoms with Crippen molar-refractivity contribution in [2.24, 2.45) is 5.92 Å². The molecule has 0 radical (unpaired) electrons. The monoisotopic (exact) mass is 697 g/mol. The van der Waals surface area contributed by atoms with Crippen LogP contribution in [0.2, 0.25) is 0 Å². The third kappa shape index (κ3) is 9.55. The van der Waals surface area contributed by atoms with E-state index in [0.717, 1.165) is 16.4 Å². The number of rotatable bonds is 14. The first-order chi connectivity index (χ1) is 23.3. The number of carbonyl (C=O) groups is 3. The topological polar surface area (TPSA) is 171 Å². The molecule has 3 aromatic carbocycles. The van der Waals surface area contributed by atoms with Crippen molar-refractivity contribution in [1.82, 2.24) is 9.21 Å². The third-order valence-corrected chi connectivity index (χ3v) is 10.3. The summed E-state index contributed by atoms with van der Waals surface area (Å²) >= 11 is 0. The average molecular weight is 698 g/mol. The quantitative estimate of drug-likeness (QED) is 0.141. The van der Waals surface area contributed by atoms with Crippen molar-refractivity contribution in [1.29, 1.82) is 0 Å². The standard InChI is InChI=1S/C35H44FN5O7S/c1-23-20-41(24(2)22-42)35(45)27-10-9-13-30(34(27)48-31(23)21-40(3)49(46,47)26-18-16-25(36)17-19-26)39-33(44)15-6-4-5-14-32(43)38-29-12-8-7-11-28(29)37/h7-13,16-19,23-24,31,42H,4-6,14-15,20-22,37H2,1-3H3,(H,38,43)(H,39,44)/t23-,24+,31-/m0/s1. The van der Waals surface area contributed by atoms with Crippen LogP contribution in [0.5, 0.6) is 5.75 Å². The molecule has 3 aromatic rings. The number of nitrogen functional groups attached to an aromatic ring is 1. The molecular formula is C35H44FN5O7S. The number of nitrogens with zero attached hydrogens (tertiary/aromatic N) is 2. The van der Waals surface area contributed by atoms with Crippen molar-refractivity contribution >= 4 is 44.8 Å². The summed E-state index contributed by atoms with van der Waals surface area (Å²) < 4.78 is 47.7. The van der Waals surface area contributed by atoms with Crippen molar-refractivity contribution < 1.29 is 37.0 Å². The predicted octanol–water partition coefficient (Wildman–Crippen LogP) is 4.48. The van der Waals surface area contributed by atoms with Gasteiger partial charge in [0.1, 0.15) is 11.9 Å². The molecule has 0 saturated heterocycles. The number of para-hydroxylation sites is 3. The Morgan fingerprint density at radius 1 is 1.00 bits per heavy atom. The SMILES string of the molecule is C[C@H](CO)N1C[C@H](C)[C@H](CN(C)S(=O)(=O)c2ccc(F)cc2)Oc2c(NC(=O)CCCCCC(=O)Nc3ccccc3N)cccc2C1=O. The molecule has 3 amide bonds. The maximum absolute atomic E-state index is 13.8. The van der Waals surface area contributed by atoms with Gasteiger partial charge < -0.3 is 31.1 Å². The summed E-state index contributed by atoms with van der Waals surface area (Å²) in [5, 5.41) is 15.6. The molecule has 0 spiro atoms. The minimum atomic E-state index is -4.02. The number of nitrogens with two attached hydrogens (primary N) is 1. The molecule has 5 N–H and O–H groups in total. The Morgan fingerprint density at radius 3 is 2.24 bits per heavy atom. The Hall–Kier alpha value is -4.53. The Balaban J connectivity index is 1.46. The summed E-state index contributed by atoms with van der Waals surface area (Å²) in [7, 11) is -2.63. The Bertz CT molecular complexity index is 1740. The molecule has 1 heterocycles. The van der Waals surface area contributed by atoms with E-state index in [4.69, 9.17) is 10.5 Å². The number of hydrogen-bond acceptors (Lipinski definition) is 8. The number of aliphatic hydroxyl groups excluding tert-OH is 1. The number of likely N-dealkylation sites (N-methyl/N-ethyl adjacent to an activating group) is 1. The lowest BCUT2D eigenvalue weighted by Gasteiger charge is -2.38. The minimum absolute atomic E-state index is 0.0875. The van der Waals surface area contributed by atoms with E-state index in [-0.39, 0.29) is 66.2 Å². The second-order valence-electron chi connectivity index (χ2n) is 12.3. The van der Waals surface area contributed by atoms with Crippen molar-refractivity contribution in [3.05, 3.63) is 78.1 Å². The smallest absolute Gasteiger partial charge is 0.258 e. The number of aliphatic hydroxyl groups is 1. The summed E-state index contributed by atoms with van der Waals surface area (Å²) in [5.41, 5.74) is 7.31. The van der Waals surface area contributed by atoms with Gasteiger partial charge in [-0.2, -0.15) is 4.31 Å². The van der Waals surface area contributed by atoms with Crippen LogP contribution in [0.15, 0.2) is 71.6 Å². The van der Waals surface area contributed by atoms with Crippen molar-refractivity contribution in [3.8, 4) is 5.75 Å².